The first-order valence-corrected chi connectivity index (χ1v) is 4.57. The quantitative estimate of drug-likeness (QED) is 0.435. The average Bonchev–Trinajstić information content (AvgIpc) is 2.65. The van der Waals surface area contributed by atoms with E-state index in [4.69, 9.17) is 11.6 Å². The Morgan fingerprint density at radius 3 is 2.81 bits per heavy atom. The van der Waals surface area contributed by atoms with E-state index in [9.17, 15) is 15.2 Å². The lowest BCUT2D eigenvalue weighted by atomic mass is 10.3. The van der Waals surface area contributed by atoms with Crippen LogP contribution >= 0.6 is 11.6 Å². The molecule has 0 aliphatic carbocycles. The largest absolute Gasteiger partial charge is 0.540 e. The van der Waals surface area contributed by atoms with Crippen LogP contribution in [0.25, 0.3) is 0 Å². The third kappa shape index (κ3) is 1.86. The number of halogens is 1. The first-order chi connectivity index (χ1) is 7.58. The summed E-state index contributed by atoms with van der Waals surface area (Å²) in [5, 5.41) is 22.8. The van der Waals surface area contributed by atoms with Gasteiger partial charge in [0.25, 0.3) is 5.69 Å². The van der Waals surface area contributed by atoms with E-state index < -0.39 is 10.9 Å². The molecule has 7 nitrogen and oxygen atoms in total. The predicted molar refractivity (Wildman–Crippen MR) is 51.7 cm³/mol. The van der Waals surface area contributed by atoms with Crippen molar-refractivity contribution in [1.29, 1.82) is 0 Å². The highest BCUT2D eigenvalue weighted by Gasteiger charge is 2.18. The molecular formula is C8H6ClN3O4. The minimum absolute atomic E-state index is 0.0418. The van der Waals surface area contributed by atoms with Crippen LogP contribution in [0.1, 0.15) is 0 Å². The molecule has 1 aromatic rings. The van der Waals surface area contributed by atoms with Gasteiger partial charge in [0.05, 0.1) is 11.1 Å². The lowest BCUT2D eigenvalue weighted by molar-refractivity contribution is -0.890. The van der Waals surface area contributed by atoms with Gasteiger partial charge in [-0.3, -0.25) is 10.1 Å². The molecule has 0 unspecified atom stereocenters. The van der Waals surface area contributed by atoms with Crippen molar-refractivity contribution in [3.05, 3.63) is 45.5 Å². The van der Waals surface area contributed by atoms with E-state index in [-0.39, 0.29) is 10.7 Å². The molecule has 1 aliphatic heterocycles. The van der Waals surface area contributed by atoms with Gasteiger partial charge in [-0.2, -0.15) is 5.01 Å². The molecule has 0 saturated carbocycles. The lowest BCUT2D eigenvalue weighted by Crippen LogP contribution is -2.89. The Morgan fingerprint density at radius 2 is 2.25 bits per heavy atom. The van der Waals surface area contributed by atoms with Gasteiger partial charge in [0, 0.05) is 6.07 Å². The summed E-state index contributed by atoms with van der Waals surface area (Å²) in [6.45, 7) is 0. The fourth-order valence-corrected chi connectivity index (χ4v) is 1.41. The van der Waals surface area contributed by atoms with Gasteiger partial charge in [0.2, 0.25) is 0 Å². The van der Waals surface area contributed by atoms with Gasteiger partial charge in [0.15, 0.2) is 0 Å². The molecule has 0 radical (unpaired) electrons. The number of nitrogens with two attached hydrogens (primary N) is 1. The Hall–Kier alpha value is -1.99. The van der Waals surface area contributed by atoms with E-state index in [0.29, 0.717) is 5.69 Å². The number of anilines is 1. The van der Waals surface area contributed by atoms with E-state index in [1.165, 1.54) is 23.3 Å². The van der Waals surface area contributed by atoms with E-state index in [0.717, 1.165) is 5.59 Å². The van der Waals surface area contributed by atoms with E-state index in [1.807, 2.05) is 0 Å². The summed E-state index contributed by atoms with van der Waals surface area (Å²) in [4.78, 5) is 14.6. The topological polar surface area (TPSA) is 95.3 Å². The molecule has 1 heterocycles. The summed E-state index contributed by atoms with van der Waals surface area (Å²) in [6, 6.07) is 4.20. The zero-order chi connectivity index (χ0) is 11.7. The minimum Gasteiger partial charge on any atom is -0.540 e. The first-order valence-electron chi connectivity index (χ1n) is 4.19. The first kappa shape index (κ1) is 10.5. The average molecular weight is 244 g/mol. The van der Waals surface area contributed by atoms with Crippen molar-refractivity contribution in [3.63, 3.8) is 0 Å². The van der Waals surface area contributed by atoms with E-state index >= 15 is 0 Å². The van der Waals surface area contributed by atoms with Crippen molar-refractivity contribution in [2.45, 2.75) is 0 Å². The summed E-state index contributed by atoms with van der Waals surface area (Å²) in [6.07, 6.45) is 1.17. The zero-order valence-electron chi connectivity index (χ0n) is 7.79. The SMILES string of the molecule is O=[N+]([O-])c1cc(N2C=C([O-])O[NH2+]2)ccc1Cl. The highest BCUT2D eigenvalue weighted by Crippen LogP contribution is 2.28. The summed E-state index contributed by atoms with van der Waals surface area (Å²) >= 11 is 5.65. The Morgan fingerprint density at radius 1 is 1.50 bits per heavy atom. The molecule has 2 rings (SSSR count). The van der Waals surface area contributed by atoms with Gasteiger partial charge < -0.3 is 9.94 Å². The van der Waals surface area contributed by atoms with Crippen molar-refractivity contribution in [2.24, 2.45) is 0 Å². The van der Waals surface area contributed by atoms with Crippen LogP contribution in [-0.2, 0) is 4.84 Å². The molecule has 16 heavy (non-hydrogen) atoms. The Labute approximate surface area is 94.6 Å². The van der Waals surface area contributed by atoms with Gasteiger partial charge in [0.1, 0.15) is 16.7 Å². The number of hydrogen-bond acceptors (Lipinski definition) is 5. The van der Waals surface area contributed by atoms with Crippen LogP contribution in [-0.4, -0.2) is 4.92 Å². The molecule has 0 bridgehead atoms. The van der Waals surface area contributed by atoms with Gasteiger partial charge >= 0.3 is 0 Å². The molecule has 84 valence electrons. The smallest absolute Gasteiger partial charge is 0.290 e. The number of benzene rings is 1. The van der Waals surface area contributed by atoms with Gasteiger partial charge in [-0.25, -0.2) is 0 Å². The number of hydrogen-bond donors (Lipinski definition) is 1. The molecular weight excluding hydrogens is 238 g/mol. The second kappa shape index (κ2) is 3.87. The summed E-state index contributed by atoms with van der Waals surface area (Å²) < 4.78 is 0. The maximum Gasteiger partial charge on any atom is 0.290 e. The maximum atomic E-state index is 10.8. The predicted octanol–water partition coefficient (Wildman–Crippen LogP) is -0.363. The normalized spacial score (nSPS) is 14.6. The summed E-state index contributed by atoms with van der Waals surface area (Å²) in [5.74, 6) is -0.530. The fraction of sp³-hybridized carbons (Fsp3) is 0. The molecule has 1 aliphatic rings. The molecule has 8 heteroatoms. The molecule has 0 fully saturated rings. The molecule has 1 aromatic carbocycles. The van der Waals surface area contributed by atoms with E-state index in [1.54, 1.807) is 6.07 Å². The molecule has 0 atom stereocenters. The number of nitro benzene ring substituents is 1. The van der Waals surface area contributed by atoms with Crippen LogP contribution in [0.3, 0.4) is 0 Å². The van der Waals surface area contributed by atoms with Gasteiger partial charge in [-0.15, -0.1) is 5.59 Å². The molecule has 0 amide bonds. The number of nitrogens with zero attached hydrogens (tertiary/aromatic N) is 2. The van der Waals surface area contributed by atoms with Crippen LogP contribution in [0.2, 0.25) is 5.02 Å². The van der Waals surface area contributed by atoms with Crippen molar-refractivity contribution in [1.82, 2.24) is 0 Å². The number of nitro groups is 1. The Bertz CT molecular complexity index is 476. The Balaban J connectivity index is 2.36. The van der Waals surface area contributed by atoms with Gasteiger partial charge in [-0.05, 0) is 12.1 Å². The second-order valence-electron chi connectivity index (χ2n) is 2.97. The van der Waals surface area contributed by atoms with E-state index in [2.05, 4.69) is 4.84 Å². The second-order valence-corrected chi connectivity index (χ2v) is 3.38. The number of quaternary nitrogens is 1. The van der Waals surface area contributed by atoms with Gasteiger partial charge in [-0.1, -0.05) is 11.6 Å². The molecule has 2 N–H and O–H groups in total. The van der Waals surface area contributed by atoms with Crippen molar-refractivity contribution < 1.29 is 20.5 Å². The summed E-state index contributed by atoms with van der Waals surface area (Å²) in [7, 11) is 0. The third-order valence-corrected chi connectivity index (χ3v) is 2.27. The minimum atomic E-state index is -0.593. The molecule has 0 aromatic heterocycles. The summed E-state index contributed by atoms with van der Waals surface area (Å²) in [5.41, 5.74) is 1.37. The Kier molecular flexibility index (Phi) is 2.55. The highest BCUT2D eigenvalue weighted by molar-refractivity contribution is 6.32. The van der Waals surface area contributed by atoms with Crippen LogP contribution < -0.4 is 15.7 Å². The fourth-order valence-electron chi connectivity index (χ4n) is 1.22. The van der Waals surface area contributed by atoms with Crippen LogP contribution in [0.15, 0.2) is 30.3 Å². The van der Waals surface area contributed by atoms with Crippen molar-refractivity contribution >= 4 is 23.0 Å². The third-order valence-electron chi connectivity index (χ3n) is 1.95. The molecule has 0 spiro atoms. The number of rotatable bonds is 2. The molecule has 0 saturated heterocycles. The standard InChI is InChI=1S/C8H6ClN3O4/c9-6-2-1-5(3-7(6)12(14)15)11-4-8(13)16-10-11/h1-4,10,13H. The van der Waals surface area contributed by atoms with Crippen molar-refractivity contribution in [3.8, 4) is 0 Å². The zero-order valence-corrected chi connectivity index (χ0v) is 8.55. The highest BCUT2D eigenvalue weighted by atomic mass is 35.5. The van der Waals surface area contributed by atoms with Crippen LogP contribution in [0, 0.1) is 10.1 Å². The van der Waals surface area contributed by atoms with Crippen LogP contribution in [0.4, 0.5) is 11.4 Å². The van der Waals surface area contributed by atoms with Crippen LogP contribution in [0.5, 0.6) is 0 Å². The lowest BCUT2D eigenvalue weighted by Gasteiger charge is -2.12. The van der Waals surface area contributed by atoms with Crippen molar-refractivity contribution in [2.75, 3.05) is 5.01 Å². The monoisotopic (exact) mass is 243 g/mol. The maximum absolute atomic E-state index is 10.8.